The molecule has 70 heavy (non-hydrogen) atoms. The molecule has 0 unspecified atom stereocenters. The molecule has 0 aliphatic heterocycles. The van der Waals surface area contributed by atoms with Gasteiger partial charge in [-0.2, -0.15) is 0 Å². The highest BCUT2D eigenvalue weighted by Gasteiger charge is 2.36. The molecular formula is C66H96N2S2. The highest BCUT2D eigenvalue weighted by atomic mass is 32.2. The Morgan fingerprint density at radius 2 is 0.914 bits per heavy atom. The fourth-order valence-corrected chi connectivity index (χ4v) is 7.73. The summed E-state index contributed by atoms with van der Waals surface area (Å²) in [5.74, 6) is 0. The van der Waals surface area contributed by atoms with E-state index in [0.29, 0.717) is 5.25 Å². The van der Waals surface area contributed by atoms with Crippen LogP contribution in [-0.4, -0.2) is 9.95 Å². The molecule has 0 saturated carbocycles. The first-order chi connectivity index (χ1) is 33.5. The topological polar surface area (TPSA) is 6.48 Å². The quantitative estimate of drug-likeness (QED) is 0.0711. The third kappa shape index (κ3) is 22.4. The lowest BCUT2D eigenvalue weighted by Gasteiger charge is -2.29. The predicted molar refractivity (Wildman–Crippen MR) is 337 cm³/mol. The van der Waals surface area contributed by atoms with Gasteiger partial charge in [-0.05, 0) is 122 Å². The van der Waals surface area contributed by atoms with E-state index in [2.05, 4.69) is 198 Å². The van der Waals surface area contributed by atoms with Crippen LogP contribution in [0.25, 0.3) is 23.3 Å². The van der Waals surface area contributed by atoms with Crippen molar-refractivity contribution in [1.82, 2.24) is 0 Å². The van der Waals surface area contributed by atoms with Crippen molar-refractivity contribution in [2.24, 2.45) is 0 Å². The normalized spacial score (nSPS) is 12.4. The van der Waals surface area contributed by atoms with E-state index in [9.17, 15) is 0 Å². The van der Waals surface area contributed by atoms with Crippen LogP contribution in [0.5, 0.6) is 0 Å². The second kappa shape index (κ2) is 43.3. The number of fused-ring (bicyclic) bond motifs is 3. The summed E-state index contributed by atoms with van der Waals surface area (Å²) in [5.41, 5.74) is 13.6. The number of hydrogen-bond acceptors (Lipinski definition) is 4. The average Bonchev–Trinajstić information content (AvgIpc) is 3.61. The van der Waals surface area contributed by atoms with E-state index in [-0.39, 0.29) is 12.8 Å². The van der Waals surface area contributed by atoms with Crippen LogP contribution in [-0.2, 0) is 5.41 Å². The summed E-state index contributed by atoms with van der Waals surface area (Å²) in [4.78, 5) is 4.49. The summed E-state index contributed by atoms with van der Waals surface area (Å²) in [7, 11) is 0. The van der Waals surface area contributed by atoms with Crippen LogP contribution in [0.15, 0.2) is 207 Å². The Bertz CT molecular complexity index is 2230. The maximum atomic E-state index is 4.57. The molecule has 0 aromatic heterocycles. The van der Waals surface area contributed by atoms with E-state index in [0.717, 1.165) is 39.7 Å². The number of thioether (sulfide) groups is 1. The number of rotatable bonds is 18. The van der Waals surface area contributed by atoms with Gasteiger partial charge in [-0.1, -0.05) is 252 Å². The van der Waals surface area contributed by atoms with Gasteiger partial charge in [0, 0.05) is 49.5 Å². The Balaban J connectivity index is -0.00000114. The van der Waals surface area contributed by atoms with Crippen molar-refractivity contribution in [2.75, 3.05) is 9.80 Å². The number of hydrogen-bond donors (Lipinski definition) is 0. The number of anilines is 2. The minimum absolute atomic E-state index is 0. The third-order valence-electron chi connectivity index (χ3n) is 9.57. The summed E-state index contributed by atoms with van der Waals surface area (Å²) in [6, 6.07) is 22.3. The first-order valence-electron chi connectivity index (χ1n) is 25.1. The Morgan fingerprint density at radius 3 is 1.29 bits per heavy atom. The van der Waals surface area contributed by atoms with Gasteiger partial charge in [-0.3, -0.25) is 0 Å². The number of allylic oxidation sites excluding steroid dienone is 16. The molecule has 0 atom stereocenters. The van der Waals surface area contributed by atoms with Crippen molar-refractivity contribution in [2.45, 2.75) is 143 Å². The summed E-state index contributed by atoms with van der Waals surface area (Å²) in [6.07, 6.45) is 36.3. The molecule has 4 heteroatoms. The molecule has 0 amide bonds. The molecule has 3 aromatic carbocycles. The van der Waals surface area contributed by atoms with Crippen molar-refractivity contribution in [3.63, 3.8) is 0 Å². The number of thiocarbonyl (C=S) groups is 1. The lowest BCUT2D eigenvalue weighted by molar-refractivity contribution is 0.660. The van der Waals surface area contributed by atoms with Crippen molar-refractivity contribution >= 4 is 52.2 Å². The second-order valence-electron chi connectivity index (χ2n) is 14.3. The first-order valence-corrected chi connectivity index (χ1v) is 26.5. The molecule has 1 aliphatic rings. The molecule has 2 nitrogen and oxygen atoms in total. The predicted octanol–water partition coefficient (Wildman–Crippen LogP) is 22.2. The van der Waals surface area contributed by atoms with Crippen LogP contribution in [0.1, 0.15) is 154 Å². The minimum atomic E-state index is -0.189. The first kappa shape index (κ1) is 70.9. The van der Waals surface area contributed by atoms with Crippen molar-refractivity contribution in [1.29, 1.82) is 0 Å². The van der Waals surface area contributed by atoms with Crippen molar-refractivity contribution in [3.8, 4) is 11.1 Å². The number of nitrogens with zero attached hydrogens (tertiary/aromatic N) is 2. The van der Waals surface area contributed by atoms with Crippen molar-refractivity contribution in [3.05, 3.63) is 229 Å². The molecule has 0 spiro atoms. The fourth-order valence-electron chi connectivity index (χ4n) is 6.84. The minimum Gasteiger partial charge on any atom is -0.311 e. The lowest BCUT2D eigenvalue weighted by atomic mass is 9.81. The van der Waals surface area contributed by atoms with Gasteiger partial charge in [-0.15, -0.1) is 11.8 Å². The molecule has 3 aromatic rings. The fraction of sp³-hybridized carbons (Fsp3) is 0.318. The molecule has 0 radical (unpaired) electrons. The van der Waals surface area contributed by atoms with E-state index < -0.39 is 0 Å². The molecule has 4 rings (SSSR count). The number of benzene rings is 3. The van der Waals surface area contributed by atoms with Crippen LogP contribution in [0.3, 0.4) is 0 Å². The Kier molecular flexibility index (Phi) is 43.9. The zero-order chi connectivity index (χ0) is 53.4. The van der Waals surface area contributed by atoms with E-state index in [1.165, 1.54) is 27.8 Å². The van der Waals surface area contributed by atoms with Gasteiger partial charge in [0.1, 0.15) is 0 Å². The molecule has 382 valence electrons. The van der Waals surface area contributed by atoms with Gasteiger partial charge in [0.05, 0.1) is 0 Å². The van der Waals surface area contributed by atoms with Gasteiger partial charge in [-0.25, -0.2) is 0 Å². The van der Waals surface area contributed by atoms with E-state index in [1.807, 2.05) is 133 Å². The third-order valence-corrected chi connectivity index (χ3v) is 10.6. The van der Waals surface area contributed by atoms with Crippen LogP contribution >= 0.6 is 24.0 Å². The molecule has 0 N–H and O–H groups in total. The van der Waals surface area contributed by atoms with Gasteiger partial charge >= 0.3 is 0 Å². The maximum Gasteiger partial charge on any atom is 0.0464 e. The lowest BCUT2D eigenvalue weighted by Crippen LogP contribution is -2.21. The zero-order valence-electron chi connectivity index (χ0n) is 46.4. The summed E-state index contributed by atoms with van der Waals surface area (Å²) < 4.78 is 1.70. The van der Waals surface area contributed by atoms with E-state index >= 15 is 0 Å². The van der Waals surface area contributed by atoms with Crippen LogP contribution in [0, 0.1) is 0 Å². The molecular weight excluding hydrogens is 885 g/mol. The highest BCUT2D eigenvalue weighted by Crippen LogP contribution is 2.50. The zero-order valence-corrected chi connectivity index (χ0v) is 48.0. The summed E-state index contributed by atoms with van der Waals surface area (Å²) in [6.45, 7) is 52.7. The van der Waals surface area contributed by atoms with Crippen LogP contribution in [0.2, 0.25) is 0 Å². The van der Waals surface area contributed by atoms with Crippen molar-refractivity contribution < 1.29 is 0 Å². The van der Waals surface area contributed by atoms with Gasteiger partial charge in [0.2, 0.25) is 0 Å². The van der Waals surface area contributed by atoms with Gasteiger partial charge in [0.25, 0.3) is 0 Å². The largest absolute Gasteiger partial charge is 0.311 e. The average molecular weight is 982 g/mol. The summed E-state index contributed by atoms with van der Waals surface area (Å²) in [5, 5.41) is 0.655. The molecule has 1 aliphatic carbocycles. The Morgan fingerprint density at radius 1 is 0.529 bits per heavy atom. The SMILES string of the molecule is C.C=C/C=C\C(=C/C)N(C(/C=C\C)=C/C=C)c1ccc(/C=C/c2ccc3c(c2)C(C)(C)c2cc(N(C(/C=C\C=C)=C/C)C(/C=C\C)=C/C=C)ccc2-3)cc1.CC.CC.CC.CC.CC.CC(C)SC=S. The monoisotopic (exact) mass is 981 g/mol. The maximum absolute atomic E-state index is 4.57. The summed E-state index contributed by atoms with van der Waals surface area (Å²) >= 11 is 6.24. The van der Waals surface area contributed by atoms with E-state index in [4.69, 9.17) is 0 Å². The standard InChI is InChI=1S/C51H54N2.C4H8S2.5C2H6.CH4/c1-11-19-25-41(17-7)52(43(21-13-3)22-14-4)45-32-29-39(30-33-45)27-28-40-31-35-47-48-36-34-46(38-50(48)51(9,10)49(47)37-40)53(42(18-8)26-20-12-2)44(23-15-5)24-16-6;1-4(2)6-3-5;5*1-2;/h11-38H,1-3,5H2,4,6-10H3;3-4H,1-2H3;5*1-2H3;1H4/b22-14-,24-16-,25-19-,26-20-,28-27+,41-17+,42-18+,43-21+,44-23+;;;;;;;. The van der Waals surface area contributed by atoms with Gasteiger partial charge in [0.15, 0.2) is 0 Å². The van der Waals surface area contributed by atoms with E-state index in [1.54, 1.807) is 28.6 Å². The smallest absolute Gasteiger partial charge is 0.0464 e. The second-order valence-corrected chi connectivity index (χ2v) is 16.3. The van der Waals surface area contributed by atoms with Crippen LogP contribution < -0.4 is 9.80 Å². The Labute approximate surface area is 442 Å². The molecule has 0 heterocycles. The molecule has 0 bridgehead atoms. The molecule has 0 fully saturated rings. The van der Waals surface area contributed by atoms with Crippen LogP contribution in [0.4, 0.5) is 11.4 Å². The molecule has 0 saturated heterocycles. The highest BCUT2D eigenvalue weighted by molar-refractivity contribution is 8.21. The Hall–Kier alpha value is -5.68. The van der Waals surface area contributed by atoms with Gasteiger partial charge < -0.3 is 9.80 Å².